The Labute approximate surface area is 119 Å². The van der Waals surface area contributed by atoms with E-state index in [1.54, 1.807) is 14.2 Å². The van der Waals surface area contributed by atoms with Crippen molar-refractivity contribution in [2.24, 2.45) is 0 Å². The number of nitriles is 1. The zero-order chi connectivity index (χ0) is 14.5. The van der Waals surface area contributed by atoms with E-state index in [0.717, 1.165) is 24.4 Å². The zero-order valence-electron chi connectivity index (χ0n) is 12.1. The molecule has 0 saturated carbocycles. The lowest BCUT2D eigenvalue weighted by Crippen LogP contribution is -2.42. The normalized spacial score (nSPS) is 21.0. The Balaban J connectivity index is 2.29. The van der Waals surface area contributed by atoms with Gasteiger partial charge in [-0.2, -0.15) is 5.26 Å². The van der Waals surface area contributed by atoms with Crippen molar-refractivity contribution in [1.82, 2.24) is 4.90 Å². The topological polar surface area (TPSA) is 54.7 Å². The first kappa shape index (κ1) is 14.6. The molecule has 1 aliphatic heterocycles. The van der Waals surface area contributed by atoms with Gasteiger partial charge in [-0.1, -0.05) is 0 Å². The smallest absolute Gasteiger partial charge is 0.128 e. The monoisotopic (exact) mass is 276 g/mol. The third kappa shape index (κ3) is 3.03. The van der Waals surface area contributed by atoms with E-state index in [4.69, 9.17) is 14.2 Å². The van der Waals surface area contributed by atoms with Crippen LogP contribution in [0.15, 0.2) is 18.2 Å². The number of rotatable bonds is 4. The highest BCUT2D eigenvalue weighted by molar-refractivity contribution is 5.44. The van der Waals surface area contributed by atoms with Crippen LogP contribution in [0.2, 0.25) is 0 Å². The molecule has 0 spiro atoms. The Bertz CT molecular complexity index is 498. The maximum Gasteiger partial charge on any atom is 0.128 e. The first-order valence-corrected chi connectivity index (χ1v) is 6.66. The molecule has 20 heavy (non-hydrogen) atoms. The number of benzene rings is 1. The summed E-state index contributed by atoms with van der Waals surface area (Å²) in [4.78, 5) is 2.12. The number of hydrogen-bond acceptors (Lipinski definition) is 5. The van der Waals surface area contributed by atoms with Gasteiger partial charge in [-0.05, 0) is 19.1 Å². The van der Waals surface area contributed by atoms with E-state index in [-0.39, 0.29) is 12.1 Å². The number of methoxy groups -OCH3 is 2. The van der Waals surface area contributed by atoms with Crippen LogP contribution < -0.4 is 9.47 Å². The third-order valence-electron chi connectivity index (χ3n) is 3.50. The van der Waals surface area contributed by atoms with Crippen LogP contribution in [0, 0.1) is 11.3 Å². The minimum Gasteiger partial charge on any atom is -0.497 e. The van der Waals surface area contributed by atoms with Crippen LogP contribution in [-0.2, 0) is 4.74 Å². The van der Waals surface area contributed by atoms with Gasteiger partial charge >= 0.3 is 0 Å². The number of ether oxygens (including phenoxy) is 3. The SMILES string of the molecule is COc1ccc([C@H](C#N)N2CCO[C@@H](C)C2)c(OC)c1. The molecule has 0 amide bonds. The van der Waals surface area contributed by atoms with Crippen molar-refractivity contribution in [1.29, 1.82) is 5.26 Å². The van der Waals surface area contributed by atoms with Gasteiger partial charge in [0.2, 0.25) is 0 Å². The molecule has 1 aromatic carbocycles. The highest BCUT2D eigenvalue weighted by Crippen LogP contribution is 2.33. The lowest BCUT2D eigenvalue weighted by atomic mass is 10.0. The quantitative estimate of drug-likeness (QED) is 0.841. The van der Waals surface area contributed by atoms with E-state index in [1.807, 2.05) is 25.1 Å². The maximum atomic E-state index is 9.55. The molecular formula is C15H20N2O3. The van der Waals surface area contributed by atoms with E-state index in [1.165, 1.54) is 0 Å². The molecule has 0 radical (unpaired) electrons. The van der Waals surface area contributed by atoms with Gasteiger partial charge in [-0.25, -0.2) is 0 Å². The Morgan fingerprint density at radius 1 is 1.40 bits per heavy atom. The molecule has 1 aliphatic rings. The minimum absolute atomic E-state index is 0.142. The largest absolute Gasteiger partial charge is 0.497 e. The third-order valence-corrected chi connectivity index (χ3v) is 3.50. The molecule has 1 fully saturated rings. The summed E-state index contributed by atoms with van der Waals surface area (Å²) in [5.74, 6) is 1.40. The molecule has 5 nitrogen and oxygen atoms in total. The van der Waals surface area contributed by atoms with Gasteiger partial charge in [0, 0.05) is 24.7 Å². The van der Waals surface area contributed by atoms with Crippen LogP contribution in [0.25, 0.3) is 0 Å². The van der Waals surface area contributed by atoms with Gasteiger partial charge < -0.3 is 14.2 Å². The van der Waals surface area contributed by atoms with Crippen LogP contribution >= 0.6 is 0 Å². The summed E-state index contributed by atoms with van der Waals surface area (Å²) in [6, 6.07) is 7.60. The second-order valence-electron chi connectivity index (χ2n) is 4.82. The lowest BCUT2D eigenvalue weighted by Gasteiger charge is -2.34. The van der Waals surface area contributed by atoms with Gasteiger partial charge in [0.25, 0.3) is 0 Å². The molecule has 2 atom stereocenters. The first-order valence-electron chi connectivity index (χ1n) is 6.66. The summed E-state index contributed by atoms with van der Waals surface area (Å²) in [6.45, 7) is 4.16. The summed E-state index contributed by atoms with van der Waals surface area (Å²) in [5.41, 5.74) is 0.866. The Kier molecular flexibility index (Phi) is 4.83. The molecule has 1 saturated heterocycles. The standard InChI is InChI=1S/C15H20N2O3/c1-11-10-17(6-7-20-11)14(9-16)13-5-4-12(18-2)8-15(13)19-3/h4-5,8,11,14H,6-7,10H2,1-3H3/t11-,14-/m0/s1. The predicted molar refractivity (Wildman–Crippen MR) is 74.9 cm³/mol. The molecule has 0 aliphatic carbocycles. The van der Waals surface area contributed by atoms with E-state index >= 15 is 0 Å². The Hall–Kier alpha value is -1.77. The van der Waals surface area contributed by atoms with Crippen molar-refractivity contribution in [2.45, 2.75) is 19.1 Å². The second-order valence-corrected chi connectivity index (χ2v) is 4.82. The van der Waals surface area contributed by atoms with Crippen molar-refractivity contribution in [2.75, 3.05) is 33.9 Å². The van der Waals surface area contributed by atoms with E-state index in [2.05, 4.69) is 11.0 Å². The predicted octanol–water partition coefficient (Wildman–Crippen LogP) is 1.99. The van der Waals surface area contributed by atoms with Crippen LogP contribution in [0.3, 0.4) is 0 Å². The highest BCUT2D eigenvalue weighted by Gasteiger charge is 2.27. The van der Waals surface area contributed by atoms with Crippen molar-refractivity contribution in [3.8, 4) is 17.6 Å². The van der Waals surface area contributed by atoms with Crippen molar-refractivity contribution >= 4 is 0 Å². The van der Waals surface area contributed by atoms with Gasteiger partial charge in [0.1, 0.15) is 17.5 Å². The van der Waals surface area contributed by atoms with Crippen molar-refractivity contribution in [3.05, 3.63) is 23.8 Å². The average Bonchev–Trinajstić information content (AvgIpc) is 2.48. The van der Waals surface area contributed by atoms with E-state index in [0.29, 0.717) is 12.4 Å². The Morgan fingerprint density at radius 2 is 2.20 bits per heavy atom. The molecule has 108 valence electrons. The van der Waals surface area contributed by atoms with E-state index in [9.17, 15) is 5.26 Å². The van der Waals surface area contributed by atoms with Crippen LogP contribution in [-0.4, -0.2) is 44.9 Å². The summed E-state index contributed by atoms with van der Waals surface area (Å²) < 4.78 is 16.1. The molecule has 0 unspecified atom stereocenters. The number of nitrogens with zero attached hydrogens (tertiary/aromatic N) is 2. The summed E-state index contributed by atoms with van der Waals surface area (Å²) in [5, 5.41) is 9.55. The van der Waals surface area contributed by atoms with Gasteiger partial charge in [-0.15, -0.1) is 0 Å². The first-order chi connectivity index (χ1) is 9.69. The molecular weight excluding hydrogens is 256 g/mol. The molecule has 5 heteroatoms. The fourth-order valence-electron chi connectivity index (χ4n) is 2.47. The average molecular weight is 276 g/mol. The van der Waals surface area contributed by atoms with Crippen LogP contribution in [0.4, 0.5) is 0 Å². The summed E-state index contributed by atoms with van der Waals surface area (Å²) in [7, 11) is 3.22. The number of morpholine rings is 1. The van der Waals surface area contributed by atoms with E-state index < -0.39 is 0 Å². The summed E-state index contributed by atoms with van der Waals surface area (Å²) in [6.07, 6.45) is 0.142. The maximum absolute atomic E-state index is 9.55. The molecule has 0 bridgehead atoms. The van der Waals surface area contributed by atoms with Gasteiger partial charge in [-0.3, -0.25) is 4.90 Å². The van der Waals surface area contributed by atoms with Crippen molar-refractivity contribution in [3.63, 3.8) is 0 Å². The lowest BCUT2D eigenvalue weighted by molar-refractivity contribution is -0.0271. The molecule has 1 aromatic rings. The van der Waals surface area contributed by atoms with Crippen molar-refractivity contribution < 1.29 is 14.2 Å². The second kappa shape index (κ2) is 6.60. The molecule has 1 heterocycles. The van der Waals surface area contributed by atoms with Crippen LogP contribution in [0.1, 0.15) is 18.5 Å². The zero-order valence-corrected chi connectivity index (χ0v) is 12.1. The van der Waals surface area contributed by atoms with Gasteiger partial charge in [0.05, 0.1) is 33.0 Å². The molecule has 2 rings (SSSR count). The molecule has 0 N–H and O–H groups in total. The number of hydrogen-bond donors (Lipinski definition) is 0. The minimum atomic E-state index is -0.331. The fraction of sp³-hybridized carbons (Fsp3) is 0.533. The summed E-state index contributed by atoms with van der Waals surface area (Å²) >= 11 is 0. The van der Waals surface area contributed by atoms with Crippen LogP contribution in [0.5, 0.6) is 11.5 Å². The molecule has 0 aromatic heterocycles. The Morgan fingerprint density at radius 3 is 2.80 bits per heavy atom. The van der Waals surface area contributed by atoms with Gasteiger partial charge in [0.15, 0.2) is 0 Å². The highest BCUT2D eigenvalue weighted by atomic mass is 16.5. The fourth-order valence-corrected chi connectivity index (χ4v) is 2.47.